The number of aliphatic carboxylic acids is 1. The van der Waals surface area contributed by atoms with Crippen LogP contribution in [0.25, 0.3) is 0 Å². The maximum absolute atomic E-state index is 12.6. The van der Waals surface area contributed by atoms with Gasteiger partial charge in [-0.05, 0) is 38.5 Å². The molecule has 0 spiro atoms. The molecule has 0 bridgehead atoms. The van der Waals surface area contributed by atoms with Gasteiger partial charge in [0.15, 0.2) is 6.10 Å². The van der Waals surface area contributed by atoms with Gasteiger partial charge in [0, 0.05) is 12.8 Å². The minimum absolute atomic E-state index is 0.182. The molecule has 0 aromatic carbocycles. The van der Waals surface area contributed by atoms with E-state index in [-0.39, 0.29) is 32.2 Å². The van der Waals surface area contributed by atoms with Crippen molar-refractivity contribution in [2.75, 3.05) is 47.5 Å². The van der Waals surface area contributed by atoms with Gasteiger partial charge in [-0.2, -0.15) is 0 Å². The van der Waals surface area contributed by atoms with Gasteiger partial charge in [-0.3, -0.25) is 9.59 Å². The van der Waals surface area contributed by atoms with Crippen LogP contribution in [-0.4, -0.2) is 87.4 Å². The second kappa shape index (κ2) is 29.4. The fourth-order valence-electron chi connectivity index (χ4n) is 4.65. The summed E-state index contributed by atoms with van der Waals surface area (Å²) in [4.78, 5) is 36.6. The zero-order chi connectivity index (χ0) is 33.6. The summed E-state index contributed by atoms with van der Waals surface area (Å²) in [5.74, 6) is -2.03. The Hall–Kier alpha value is -1.97. The highest BCUT2D eigenvalue weighted by molar-refractivity contribution is 5.71. The molecule has 0 aliphatic rings. The summed E-state index contributed by atoms with van der Waals surface area (Å²) in [6.45, 7) is 4.77. The molecule has 0 saturated heterocycles. The van der Waals surface area contributed by atoms with Gasteiger partial charge in [-0.1, -0.05) is 103 Å². The van der Waals surface area contributed by atoms with Crippen LogP contribution in [-0.2, 0) is 33.3 Å². The minimum atomic E-state index is -1.50. The van der Waals surface area contributed by atoms with E-state index < -0.39 is 24.3 Å². The maximum atomic E-state index is 12.6. The molecular formula is C36H68NO8+. The fraction of sp³-hybridized carbons (Fsp3) is 0.861. The first kappa shape index (κ1) is 43.0. The summed E-state index contributed by atoms with van der Waals surface area (Å²) in [7, 11) is 5.93. The number of likely N-dealkylation sites (N-methyl/N-ethyl adjacent to an activating group) is 1. The Labute approximate surface area is 275 Å². The summed E-state index contributed by atoms with van der Waals surface area (Å²) in [5.41, 5.74) is 0. The number of ether oxygens (including phenoxy) is 4. The molecule has 0 fully saturated rings. The number of unbranched alkanes of at least 4 members (excludes halogenated alkanes) is 15. The highest BCUT2D eigenvalue weighted by Gasteiger charge is 2.25. The van der Waals surface area contributed by atoms with E-state index in [1.54, 1.807) is 0 Å². The van der Waals surface area contributed by atoms with Gasteiger partial charge in [0.1, 0.15) is 13.2 Å². The van der Waals surface area contributed by atoms with Crippen molar-refractivity contribution in [3.05, 3.63) is 12.2 Å². The van der Waals surface area contributed by atoms with E-state index in [1.165, 1.54) is 57.8 Å². The predicted octanol–water partition coefficient (Wildman–Crippen LogP) is 7.99. The molecule has 0 saturated carbocycles. The summed E-state index contributed by atoms with van der Waals surface area (Å²) in [6, 6.07) is 0. The van der Waals surface area contributed by atoms with E-state index >= 15 is 0 Å². The quantitative estimate of drug-likeness (QED) is 0.0259. The monoisotopic (exact) mass is 642 g/mol. The topological polar surface area (TPSA) is 108 Å². The molecule has 0 aliphatic heterocycles. The Kier molecular flexibility index (Phi) is 28.1. The SMILES string of the molecule is CCCCC/C=C\CCCCCCCC(=O)OC(COC(=O)CCCCCCCCCC)COC(OCC[N+](C)(C)C)C(=O)O. The van der Waals surface area contributed by atoms with Crippen molar-refractivity contribution in [1.29, 1.82) is 0 Å². The minimum Gasteiger partial charge on any atom is -0.477 e. The van der Waals surface area contributed by atoms with E-state index in [1.807, 2.05) is 21.1 Å². The van der Waals surface area contributed by atoms with Crippen molar-refractivity contribution in [1.82, 2.24) is 0 Å². The molecule has 0 aromatic rings. The largest absolute Gasteiger partial charge is 0.477 e. The van der Waals surface area contributed by atoms with Crippen molar-refractivity contribution in [3.8, 4) is 0 Å². The van der Waals surface area contributed by atoms with Gasteiger partial charge in [-0.25, -0.2) is 4.79 Å². The molecule has 0 radical (unpaired) electrons. The first-order valence-electron chi connectivity index (χ1n) is 17.9. The van der Waals surface area contributed by atoms with Crippen molar-refractivity contribution < 1.29 is 42.9 Å². The normalized spacial score (nSPS) is 13.2. The molecule has 0 aliphatic carbocycles. The molecule has 9 heteroatoms. The molecule has 45 heavy (non-hydrogen) atoms. The summed E-state index contributed by atoms with van der Waals surface area (Å²) < 4.78 is 22.5. The Bertz CT molecular complexity index is 765. The van der Waals surface area contributed by atoms with E-state index in [9.17, 15) is 19.5 Å². The zero-order valence-corrected chi connectivity index (χ0v) is 29.5. The number of carbonyl (C=O) groups is 3. The maximum Gasteiger partial charge on any atom is 0.361 e. The Morgan fingerprint density at radius 1 is 0.644 bits per heavy atom. The number of hydrogen-bond donors (Lipinski definition) is 1. The summed E-state index contributed by atoms with van der Waals surface area (Å²) >= 11 is 0. The Morgan fingerprint density at radius 2 is 1.13 bits per heavy atom. The third-order valence-electron chi connectivity index (χ3n) is 7.52. The summed E-state index contributed by atoms with van der Waals surface area (Å²) in [5, 5.41) is 9.54. The predicted molar refractivity (Wildman–Crippen MR) is 180 cm³/mol. The second-order valence-electron chi connectivity index (χ2n) is 13.2. The molecule has 9 nitrogen and oxygen atoms in total. The molecule has 2 unspecified atom stereocenters. The lowest BCUT2D eigenvalue weighted by Gasteiger charge is -2.25. The first-order valence-corrected chi connectivity index (χ1v) is 17.9. The Balaban J connectivity index is 4.59. The van der Waals surface area contributed by atoms with Gasteiger partial charge in [-0.15, -0.1) is 0 Å². The first-order chi connectivity index (χ1) is 21.6. The van der Waals surface area contributed by atoms with Crippen molar-refractivity contribution in [3.63, 3.8) is 0 Å². The number of carbonyl (C=O) groups excluding carboxylic acids is 2. The Morgan fingerprint density at radius 3 is 1.69 bits per heavy atom. The van der Waals surface area contributed by atoms with E-state index in [0.29, 0.717) is 23.9 Å². The van der Waals surface area contributed by atoms with Crippen LogP contribution in [0.15, 0.2) is 12.2 Å². The number of hydrogen-bond acceptors (Lipinski definition) is 7. The fourth-order valence-corrected chi connectivity index (χ4v) is 4.65. The van der Waals surface area contributed by atoms with Crippen LogP contribution in [0.2, 0.25) is 0 Å². The number of carboxylic acids is 1. The second-order valence-corrected chi connectivity index (χ2v) is 13.2. The molecule has 0 aromatic heterocycles. The number of allylic oxidation sites excluding steroid dienone is 2. The van der Waals surface area contributed by atoms with Crippen molar-refractivity contribution in [2.45, 2.75) is 155 Å². The van der Waals surface area contributed by atoms with Crippen molar-refractivity contribution >= 4 is 17.9 Å². The van der Waals surface area contributed by atoms with Gasteiger partial charge < -0.3 is 28.5 Å². The lowest BCUT2D eigenvalue weighted by Crippen LogP contribution is -2.40. The molecule has 0 heterocycles. The van der Waals surface area contributed by atoms with Gasteiger partial charge >= 0.3 is 17.9 Å². The smallest absolute Gasteiger partial charge is 0.361 e. The van der Waals surface area contributed by atoms with E-state index in [4.69, 9.17) is 18.9 Å². The van der Waals surface area contributed by atoms with Gasteiger partial charge in [0.25, 0.3) is 6.29 Å². The number of rotatable bonds is 32. The summed E-state index contributed by atoms with van der Waals surface area (Å²) in [6.07, 6.45) is 22.8. The van der Waals surface area contributed by atoms with Crippen LogP contribution >= 0.6 is 0 Å². The molecule has 2 atom stereocenters. The number of esters is 2. The van der Waals surface area contributed by atoms with Crippen LogP contribution in [0.4, 0.5) is 0 Å². The van der Waals surface area contributed by atoms with Crippen LogP contribution in [0.3, 0.4) is 0 Å². The van der Waals surface area contributed by atoms with Gasteiger partial charge in [0.05, 0.1) is 34.4 Å². The third-order valence-corrected chi connectivity index (χ3v) is 7.52. The van der Waals surface area contributed by atoms with Gasteiger partial charge in [0.2, 0.25) is 0 Å². The average Bonchev–Trinajstić information content (AvgIpc) is 2.98. The van der Waals surface area contributed by atoms with Crippen molar-refractivity contribution in [2.24, 2.45) is 0 Å². The third kappa shape index (κ3) is 30.4. The molecule has 0 amide bonds. The van der Waals surface area contributed by atoms with E-state index in [2.05, 4.69) is 26.0 Å². The molecular weight excluding hydrogens is 574 g/mol. The molecule has 264 valence electrons. The highest BCUT2D eigenvalue weighted by Crippen LogP contribution is 2.12. The highest BCUT2D eigenvalue weighted by atomic mass is 16.7. The lowest BCUT2D eigenvalue weighted by molar-refractivity contribution is -0.870. The lowest BCUT2D eigenvalue weighted by atomic mass is 10.1. The van der Waals surface area contributed by atoms with Crippen LogP contribution in [0.5, 0.6) is 0 Å². The average molecular weight is 643 g/mol. The molecule has 1 N–H and O–H groups in total. The molecule has 0 rings (SSSR count). The number of carboxylic acid groups (broad SMARTS) is 1. The zero-order valence-electron chi connectivity index (χ0n) is 29.5. The van der Waals surface area contributed by atoms with E-state index in [0.717, 1.165) is 51.4 Å². The number of nitrogens with zero attached hydrogens (tertiary/aromatic N) is 1. The van der Waals surface area contributed by atoms with Crippen LogP contribution in [0, 0.1) is 0 Å². The standard InChI is InChI=1S/C36H67NO8/c1-6-8-10-12-14-16-17-18-19-21-23-25-27-34(39)45-32(31-44-36(35(40)41)42-29-28-37(3,4)5)30-43-33(38)26-24-22-20-15-13-11-9-7-2/h14,16,32,36H,6-13,15,17-31H2,1-5H3/p+1/b16-14-. The van der Waals surface area contributed by atoms with Crippen LogP contribution < -0.4 is 0 Å². The number of quaternary nitrogens is 1. The van der Waals surface area contributed by atoms with Crippen LogP contribution in [0.1, 0.15) is 142 Å².